The number of methoxy groups -OCH3 is 2. The van der Waals surface area contributed by atoms with Gasteiger partial charge in [0.25, 0.3) is 5.91 Å². The molecule has 2 rings (SSSR count). The van der Waals surface area contributed by atoms with Crippen LogP contribution in [-0.4, -0.2) is 32.1 Å². The molecule has 2 aromatic carbocycles. The van der Waals surface area contributed by atoms with E-state index < -0.39 is 11.7 Å². The van der Waals surface area contributed by atoms with E-state index >= 15 is 0 Å². The van der Waals surface area contributed by atoms with Crippen LogP contribution in [0.2, 0.25) is 10.0 Å². The topological polar surface area (TPSA) is 38.8 Å². The molecular weight excluding hydrogens is 356 g/mol. The van der Waals surface area contributed by atoms with Crippen LogP contribution in [0.25, 0.3) is 0 Å². The van der Waals surface area contributed by atoms with Crippen LogP contribution in [0.4, 0.5) is 4.39 Å². The fourth-order valence-electron chi connectivity index (χ4n) is 2.20. The molecule has 24 heavy (non-hydrogen) atoms. The van der Waals surface area contributed by atoms with Gasteiger partial charge in [-0.05, 0) is 24.3 Å². The number of carbonyl (C=O) groups excluding carboxylic acids is 1. The van der Waals surface area contributed by atoms with E-state index in [-0.39, 0.29) is 22.2 Å². The van der Waals surface area contributed by atoms with Crippen molar-refractivity contribution in [2.24, 2.45) is 0 Å². The first kappa shape index (κ1) is 18.4. The molecule has 0 saturated heterocycles. The van der Waals surface area contributed by atoms with Gasteiger partial charge in [0.05, 0.1) is 29.8 Å². The van der Waals surface area contributed by atoms with Crippen molar-refractivity contribution < 1.29 is 18.7 Å². The molecule has 2 aromatic rings. The number of benzene rings is 2. The average Bonchev–Trinajstić information content (AvgIpc) is 2.57. The maximum absolute atomic E-state index is 13.6. The third-order valence-electron chi connectivity index (χ3n) is 3.49. The van der Waals surface area contributed by atoms with Crippen LogP contribution in [0.1, 0.15) is 15.9 Å². The molecule has 0 aromatic heterocycles. The van der Waals surface area contributed by atoms with E-state index in [2.05, 4.69) is 0 Å². The zero-order chi connectivity index (χ0) is 17.9. The van der Waals surface area contributed by atoms with Gasteiger partial charge in [0.1, 0.15) is 17.3 Å². The highest BCUT2D eigenvalue weighted by molar-refractivity contribution is 6.36. The van der Waals surface area contributed by atoms with Gasteiger partial charge in [-0.2, -0.15) is 0 Å². The van der Waals surface area contributed by atoms with Crippen molar-refractivity contribution in [3.8, 4) is 11.5 Å². The lowest BCUT2D eigenvalue weighted by Gasteiger charge is -2.20. The molecule has 0 unspecified atom stereocenters. The highest BCUT2D eigenvalue weighted by Gasteiger charge is 2.19. The zero-order valence-corrected chi connectivity index (χ0v) is 14.9. The minimum Gasteiger partial charge on any atom is -0.497 e. The van der Waals surface area contributed by atoms with Gasteiger partial charge in [-0.25, -0.2) is 4.39 Å². The van der Waals surface area contributed by atoms with Crippen LogP contribution >= 0.6 is 23.2 Å². The Morgan fingerprint density at radius 3 is 2.46 bits per heavy atom. The van der Waals surface area contributed by atoms with Crippen molar-refractivity contribution >= 4 is 29.1 Å². The molecule has 1 amide bonds. The van der Waals surface area contributed by atoms with Crippen molar-refractivity contribution in [3.05, 3.63) is 57.3 Å². The number of nitrogens with zero attached hydrogens (tertiary/aromatic N) is 1. The quantitative estimate of drug-likeness (QED) is 0.730. The Morgan fingerprint density at radius 2 is 1.83 bits per heavy atom. The van der Waals surface area contributed by atoms with E-state index in [0.717, 1.165) is 11.6 Å². The Morgan fingerprint density at radius 1 is 1.12 bits per heavy atom. The standard InChI is InChI=1S/C17H16Cl2FNO3/c1-21(9-10-4-5-11(23-2)6-16(10)24-3)17(22)12-7-15(20)14(19)8-13(12)18/h4-8H,9H2,1-3H3. The maximum atomic E-state index is 13.6. The molecule has 0 spiro atoms. The molecule has 0 aliphatic heterocycles. The summed E-state index contributed by atoms with van der Waals surface area (Å²) in [6, 6.07) is 7.54. The number of rotatable bonds is 5. The van der Waals surface area contributed by atoms with Gasteiger partial charge in [0.15, 0.2) is 0 Å². The lowest BCUT2D eigenvalue weighted by atomic mass is 10.1. The van der Waals surface area contributed by atoms with Gasteiger partial charge in [-0.3, -0.25) is 4.79 Å². The number of hydrogen-bond donors (Lipinski definition) is 0. The Bertz CT molecular complexity index is 768. The molecule has 0 bridgehead atoms. The van der Waals surface area contributed by atoms with Gasteiger partial charge in [0, 0.05) is 25.2 Å². The summed E-state index contributed by atoms with van der Waals surface area (Å²) in [5.74, 6) is 0.114. The minimum atomic E-state index is -0.695. The third kappa shape index (κ3) is 3.91. The van der Waals surface area contributed by atoms with Gasteiger partial charge < -0.3 is 14.4 Å². The Balaban J connectivity index is 2.25. The SMILES string of the molecule is COc1ccc(CN(C)C(=O)c2cc(F)c(Cl)cc2Cl)c(OC)c1. The van der Waals surface area contributed by atoms with E-state index in [1.807, 2.05) is 0 Å². The van der Waals surface area contributed by atoms with E-state index in [1.54, 1.807) is 32.4 Å². The second-order valence-corrected chi connectivity index (χ2v) is 5.90. The third-order valence-corrected chi connectivity index (χ3v) is 4.09. The van der Waals surface area contributed by atoms with Crippen molar-refractivity contribution in [2.45, 2.75) is 6.54 Å². The van der Waals surface area contributed by atoms with Crippen LogP contribution < -0.4 is 9.47 Å². The van der Waals surface area contributed by atoms with Crippen LogP contribution in [0, 0.1) is 5.82 Å². The first-order chi connectivity index (χ1) is 11.4. The highest BCUT2D eigenvalue weighted by Crippen LogP contribution is 2.28. The van der Waals surface area contributed by atoms with Gasteiger partial charge >= 0.3 is 0 Å². The second kappa shape index (κ2) is 7.73. The monoisotopic (exact) mass is 371 g/mol. The molecule has 0 heterocycles. The molecule has 0 aliphatic rings. The van der Waals surface area contributed by atoms with Gasteiger partial charge in [0.2, 0.25) is 0 Å². The number of amides is 1. The minimum absolute atomic E-state index is 0.0496. The summed E-state index contributed by atoms with van der Waals surface area (Å²) in [5.41, 5.74) is 0.827. The molecule has 0 saturated carbocycles. The lowest BCUT2D eigenvalue weighted by Crippen LogP contribution is -2.26. The number of halogens is 3. The van der Waals surface area contributed by atoms with E-state index in [4.69, 9.17) is 32.7 Å². The fourth-order valence-corrected chi connectivity index (χ4v) is 2.67. The molecule has 0 radical (unpaired) electrons. The number of ether oxygens (including phenoxy) is 2. The van der Waals surface area contributed by atoms with E-state index in [9.17, 15) is 9.18 Å². The summed E-state index contributed by atoms with van der Waals surface area (Å²) in [6.07, 6.45) is 0. The van der Waals surface area contributed by atoms with Crippen LogP contribution in [-0.2, 0) is 6.54 Å². The first-order valence-corrected chi connectivity index (χ1v) is 7.74. The Hall–Kier alpha value is -1.98. The molecule has 7 heteroatoms. The van der Waals surface area contributed by atoms with Gasteiger partial charge in [-0.1, -0.05) is 23.2 Å². The molecule has 0 fully saturated rings. The summed E-state index contributed by atoms with van der Waals surface area (Å²) in [4.78, 5) is 13.9. The highest BCUT2D eigenvalue weighted by atomic mass is 35.5. The van der Waals surface area contributed by atoms with Crippen molar-refractivity contribution in [2.75, 3.05) is 21.3 Å². The van der Waals surface area contributed by atoms with E-state index in [1.165, 1.54) is 18.1 Å². The smallest absolute Gasteiger partial charge is 0.255 e. The Labute approximate surface area is 149 Å². The molecule has 128 valence electrons. The summed E-state index contributed by atoms with van der Waals surface area (Å²) >= 11 is 11.7. The number of carbonyl (C=O) groups is 1. The predicted octanol–water partition coefficient (Wildman–Crippen LogP) is 4.42. The van der Waals surface area contributed by atoms with E-state index in [0.29, 0.717) is 11.5 Å². The van der Waals surface area contributed by atoms with Crippen LogP contribution in [0.5, 0.6) is 11.5 Å². The molecule has 0 aliphatic carbocycles. The molecule has 0 N–H and O–H groups in total. The molecular formula is C17H16Cl2FNO3. The largest absolute Gasteiger partial charge is 0.497 e. The normalized spacial score (nSPS) is 10.4. The van der Waals surface area contributed by atoms with Gasteiger partial charge in [-0.15, -0.1) is 0 Å². The lowest BCUT2D eigenvalue weighted by molar-refractivity contribution is 0.0784. The van der Waals surface area contributed by atoms with Crippen molar-refractivity contribution in [3.63, 3.8) is 0 Å². The predicted molar refractivity (Wildman–Crippen MR) is 91.8 cm³/mol. The maximum Gasteiger partial charge on any atom is 0.255 e. The summed E-state index contributed by atoms with van der Waals surface area (Å²) < 4.78 is 24.1. The van der Waals surface area contributed by atoms with Crippen LogP contribution in [0.3, 0.4) is 0 Å². The summed E-state index contributed by atoms with van der Waals surface area (Å²) in [7, 11) is 4.68. The second-order valence-electron chi connectivity index (χ2n) is 5.09. The zero-order valence-electron chi connectivity index (χ0n) is 13.4. The summed E-state index contributed by atoms with van der Waals surface area (Å²) in [5, 5.41) is -0.0315. The summed E-state index contributed by atoms with van der Waals surface area (Å²) in [6.45, 7) is 0.257. The first-order valence-electron chi connectivity index (χ1n) is 6.98. The van der Waals surface area contributed by atoms with Crippen molar-refractivity contribution in [1.82, 2.24) is 4.90 Å². The fraction of sp³-hybridized carbons (Fsp3) is 0.235. The number of hydrogen-bond acceptors (Lipinski definition) is 3. The van der Waals surface area contributed by atoms with Crippen molar-refractivity contribution in [1.29, 1.82) is 0 Å². The average molecular weight is 372 g/mol. The molecule has 0 atom stereocenters. The Kier molecular flexibility index (Phi) is 5.91. The molecule has 4 nitrogen and oxygen atoms in total. The van der Waals surface area contributed by atoms with Crippen LogP contribution in [0.15, 0.2) is 30.3 Å².